The molecule has 0 atom stereocenters. The lowest BCUT2D eigenvalue weighted by Crippen LogP contribution is -2.31. The van der Waals surface area contributed by atoms with Crippen LogP contribution in [-0.4, -0.2) is 36.8 Å². The molecule has 0 aliphatic carbocycles. The SMILES string of the molecule is CNC(C)(C)C.O=C(O)c1cc(-c2c(F)sc3cc(Cl)ccc23)ccc1N1CCCCC1. The number of rotatable bonds is 3. The summed E-state index contributed by atoms with van der Waals surface area (Å²) < 4.78 is 15.4. The van der Waals surface area contributed by atoms with E-state index in [9.17, 15) is 14.3 Å². The number of halogens is 2. The number of carbonyl (C=O) groups is 1. The highest BCUT2D eigenvalue weighted by Gasteiger charge is 2.21. The molecule has 2 N–H and O–H groups in total. The van der Waals surface area contributed by atoms with Gasteiger partial charge in [-0.25, -0.2) is 4.79 Å². The number of benzene rings is 2. The van der Waals surface area contributed by atoms with Crippen LogP contribution in [0.25, 0.3) is 21.2 Å². The van der Waals surface area contributed by atoms with E-state index in [1.54, 1.807) is 24.3 Å². The van der Waals surface area contributed by atoms with E-state index in [1.165, 1.54) is 6.42 Å². The van der Waals surface area contributed by atoms with E-state index in [0.717, 1.165) is 47.4 Å². The van der Waals surface area contributed by atoms with Crippen LogP contribution in [-0.2, 0) is 0 Å². The van der Waals surface area contributed by atoms with Crippen molar-refractivity contribution in [3.05, 3.63) is 52.1 Å². The van der Waals surface area contributed by atoms with Crippen LogP contribution < -0.4 is 10.2 Å². The molecule has 1 saturated heterocycles. The minimum Gasteiger partial charge on any atom is -0.478 e. The maximum atomic E-state index is 14.6. The molecule has 0 saturated carbocycles. The topological polar surface area (TPSA) is 52.6 Å². The minimum absolute atomic E-state index is 0.220. The lowest BCUT2D eigenvalue weighted by Gasteiger charge is -2.30. The zero-order valence-corrected chi connectivity index (χ0v) is 20.5. The Bertz CT molecular complexity index is 1100. The molecule has 0 spiro atoms. The molecule has 0 unspecified atom stereocenters. The van der Waals surface area contributed by atoms with Crippen molar-refractivity contribution in [2.75, 3.05) is 25.0 Å². The number of carboxylic acids is 1. The van der Waals surface area contributed by atoms with Crippen LogP contribution in [0.2, 0.25) is 5.02 Å². The summed E-state index contributed by atoms with van der Waals surface area (Å²) in [4.78, 5) is 14.0. The van der Waals surface area contributed by atoms with Crippen molar-refractivity contribution in [2.24, 2.45) is 0 Å². The summed E-state index contributed by atoms with van der Waals surface area (Å²) in [5.74, 6) is -0.990. The Morgan fingerprint density at radius 1 is 1.12 bits per heavy atom. The zero-order valence-electron chi connectivity index (χ0n) is 19.0. The Kier molecular flexibility index (Phi) is 7.80. The second-order valence-corrected chi connectivity index (χ2v) is 10.4. The Morgan fingerprint density at radius 3 is 2.38 bits per heavy atom. The quantitative estimate of drug-likeness (QED) is 0.425. The molecule has 172 valence electrons. The standard InChI is InChI=1S/C20H17ClFNO2S.C5H13N/c21-13-5-6-14-17(11-13)26-19(22)18(14)12-4-7-16(15(10-12)20(24)25)23-8-2-1-3-9-23;1-5(2,3)6-4/h4-7,10-11H,1-3,8-9H2,(H,24,25);6H,1-4H3. The molecule has 1 aromatic heterocycles. The number of hydrogen-bond acceptors (Lipinski definition) is 4. The van der Waals surface area contributed by atoms with E-state index in [4.69, 9.17) is 11.6 Å². The molecule has 2 heterocycles. The van der Waals surface area contributed by atoms with E-state index < -0.39 is 5.97 Å². The highest BCUT2D eigenvalue weighted by molar-refractivity contribution is 7.18. The summed E-state index contributed by atoms with van der Waals surface area (Å²) in [5, 5.41) is 13.8. The van der Waals surface area contributed by atoms with Crippen molar-refractivity contribution in [1.29, 1.82) is 0 Å². The third-order valence-corrected chi connectivity index (χ3v) is 6.75. The van der Waals surface area contributed by atoms with E-state index in [-0.39, 0.29) is 10.7 Å². The van der Waals surface area contributed by atoms with Crippen LogP contribution >= 0.6 is 22.9 Å². The average molecular weight is 477 g/mol. The molecule has 1 aliphatic heterocycles. The van der Waals surface area contributed by atoms with Gasteiger partial charge < -0.3 is 15.3 Å². The Hall–Kier alpha value is -2.15. The van der Waals surface area contributed by atoms with Gasteiger partial charge >= 0.3 is 5.97 Å². The first kappa shape index (κ1) is 24.5. The van der Waals surface area contributed by atoms with Gasteiger partial charge in [0.2, 0.25) is 0 Å². The molecular formula is C25H30ClFN2O2S. The number of thiophene rings is 1. The van der Waals surface area contributed by atoms with Crippen molar-refractivity contribution in [1.82, 2.24) is 5.32 Å². The molecule has 1 fully saturated rings. The van der Waals surface area contributed by atoms with Gasteiger partial charge in [-0.15, -0.1) is 11.3 Å². The normalized spacial score (nSPS) is 14.2. The van der Waals surface area contributed by atoms with Gasteiger partial charge in [0.05, 0.1) is 11.3 Å². The monoisotopic (exact) mass is 476 g/mol. The first-order valence-corrected chi connectivity index (χ1v) is 12.0. The minimum atomic E-state index is -0.990. The Labute approximate surface area is 198 Å². The summed E-state index contributed by atoms with van der Waals surface area (Å²) >= 11 is 7.03. The number of nitrogens with zero attached hydrogens (tertiary/aromatic N) is 1. The summed E-state index contributed by atoms with van der Waals surface area (Å²) in [5.41, 5.74) is 2.24. The second kappa shape index (κ2) is 10.2. The van der Waals surface area contributed by atoms with Crippen molar-refractivity contribution in [3.8, 4) is 11.1 Å². The number of hydrogen-bond donors (Lipinski definition) is 2. The fraction of sp³-hybridized carbons (Fsp3) is 0.400. The first-order chi connectivity index (χ1) is 15.1. The molecule has 32 heavy (non-hydrogen) atoms. The van der Waals surface area contributed by atoms with E-state index in [0.29, 0.717) is 27.4 Å². The smallest absolute Gasteiger partial charge is 0.337 e. The van der Waals surface area contributed by atoms with Crippen LogP contribution in [0.4, 0.5) is 10.1 Å². The highest BCUT2D eigenvalue weighted by atomic mass is 35.5. The summed E-state index contributed by atoms with van der Waals surface area (Å²) in [7, 11) is 1.96. The molecule has 3 aromatic rings. The largest absolute Gasteiger partial charge is 0.478 e. The van der Waals surface area contributed by atoms with Gasteiger partial charge in [-0.3, -0.25) is 0 Å². The number of aromatic carboxylic acids is 1. The predicted octanol–water partition coefficient (Wildman–Crippen LogP) is 7.05. The van der Waals surface area contributed by atoms with Crippen LogP contribution in [0.5, 0.6) is 0 Å². The molecule has 0 radical (unpaired) electrons. The molecular weight excluding hydrogens is 447 g/mol. The molecule has 4 rings (SSSR count). The fourth-order valence-electron chi connectivity index (χ4n) is 3.58. The number of nitrogens with one attached hydrogen (secondary N) is 1. The van der Waals surface area contributed by atoms with Gasteiger partial charge in [-0.05, 0) is 76.9 Å². The van der Waals surface area contributed by atoms with Gasteiger partial charge in [0.25, 0.3) is 0 Å². The number of anilines is 1. The molecule has 7 heteroatoms. The number of piperidine rings is 1. The van der Waals surface area contributed by atoms with Crippen LogP contribution in [0.15, 0.2) is 36.4 Å². The fourth-order valence-corrected chi connectivity index (χ4v) is 4.81. The van der Waals surface area contributed by atoms with Crippen molar-refractivity contribution < 1.29 is 14.3 Å². The Morgan fingerprint density at radius 2 is 1.78 bits per heavy atom. The predicted molar refractivity (Wildman–Crippen MR) is 134 cm³/mol. The van der Waals surface area contributed by atoms with E-state index in [1.807, 2.05) is 19.2 Å². The number of fused-ring (bicyclic) bond motifs is 1. The lowest BCUT2D eigenvalue weighted by atomic mass is 9.99. The molecule has 4 nitrogen and oxygen atoms in total. The van der Waals surface area contributed by atoms with Crippen molar-refractivity contribution >= 4 is 44.7 Å². The second-order valence-electron chi connectivity index (χ2n) is 8.98. The maximum Gasteiger partial charge on any atom is 0.337 e. The van der Waals surface area contributed by atoms with Crippen LogP contribution in [0.1, 0.15) is 50.4 Å². The van der Waals surface area contributed by atoms with Gasteiger partial charge in [0.1, 0.15) is 0 Å². The first-order valence-electron chi connectivity index (χ1n) is 10.8. The summed E-state index contributed by atoms with van der Waals surface area (Å²) in [6.45, 7) is 8.11. The number of carboxylic acid groups (broad SMARTS) is 1. The summed E-state index contributed by atoms with van der Waals surface area (Å²) in [6.07, 6.45) is 3.29. The van der Waals surface area contributed by atoms with Gasteiger partial charge in [-0.2, -0.15) is 4.39 Å². The average Bonchev–Trinajstić information content (AvgIpc) is 3.08. The highest BCUT2D eigenvalue weighted by Crippen LogP contribution is 2.40. The molecule has 0 amide bonds. The van der Waals surface area contributed by atoms with Crippen molar-refractivity contribution in [2.45, 2.75) is 45.6 Å². The molecule has 1 aliphatic rings. The van der Waals surface area contributed by atoms with Gasteiger partial charge in [0, 0.05) is 39.3 Å². The van der Waals surface area contributed by atoms with Gasteiger partial charge in [-0.1, -0.05) is 23.7 Å². The Balaban J connectivity index is 0.000000427. The third kappa shape index (κ3) is 5.80. The van der Waals surface area contributed by atoms with Gasteiger partial charge in [0.15, 0.2) is 5.13 Å². The van der Waals surface area contributed by atoms with Crippen LogP contribution in [0.3, 0.4) is 0 Å². The van der Waals surface area contributed by atoms with E-state index >= 15 is 0 Å². The summed E-state index contributed by atoms with van der Waals surface area (Å²) in [6, 6.07) is 10.4. The van der Waals surface area contributed by atoms with Crippen LogP contribution in [0, 0.1) is 5.13 Å². The lowest BCUT2D eigenvalue weighted by molar-refractivity contribution is 0.0697. The van der Waals surface area contributed by atoms with E-state index in [2.05, 4.69) is 31.0 Å². The zero-order chi connectivity index (χ0) is 23.5. The third-order valence-electron chi connectivity index (χ3n) is 5.57. The maximum absolute atomic E-state index is 14.6. The molecule has 0 bridgehead atoms. The molecule has 2 aromatic carbocycles. The van der Waals surface area contributed by atoms with Crippen molar-refractivity contribution in [3.63, 3.8) is 0 Å².